The maximum absolute atomic E-state index is 2.39. The van der Waals surface area contributed by atoms with Crippen molar-refractivity contribution in [2.45, 2.75) is 0 Å². The van der Waals surface area contributed by atoms with Crippen molar-refractivity contribution in [3.63, 3.8) is 0 Å². The maximum atomic E-state index is 2.39. The molecule has 0 N–H and O–H groups in total. The fourth-order valence-corrected chi connectivity index (χ4v) is 6.61. The summed E-state index contributed by atoms with van der Waals surface area (Å²) < 4.78 is 0. The summed E-state index contributed by atoms with van der Waals surface area (Å²) in [6, 6.07) is 43.7. The number of halogens is 2. The van der Waals surface area contributed by atoms with Crippen LogP contribution in [0, 0.1) is 0 Å². The Bertz CT molecular complexity index is 1550. The van der Waals surface area contributed by atoms with Gasteiger partial charge in [-0.2, -0.15) is 18.2 Å². The van der Waals surface area contributed by atoms with E-state index < -0.39 is 0 Å². The van der Waals surface area contributed by atoms with Crippen molar-refractivity contribution in [2.24, 2.45) is 0 Å². The molecule has 0 aliphatic carbocycles. The molecule has 0 amide bonds. The summed E-state index contributed by atoms with van der Waals surface area (Å²) in [5, 5.41) is 8.48. The molecule has 4 heteroatoms. The van der Waals surface area contributed by atoms with Gasteiger partial charge in [0.25, 0.3) is 0 Å². The zero-order chi connectivity index (χ0) is 21.5. The topological polar surface area (TPSA) is 0 Å². The van der Waals surface area contributed by atoms with E-state index in [0.29, 0.717) is 0 Å². The van der Waals surface area contributed by atoms with Crippen LogP contribution in [0.25, 0.3) is 43.8 Å². The predicted octanol–water partition coefficient (Wildman–Crippen LogP) is 1.83. The average Bonchev–Trinajstić information content (AvgIpc) is 3.49. The van der Waals surface area contributed by atoms with E-state index in [1.807, 2.05) is 0 Å². The van der Waals surface area contributed by atoms with Gasteiger partial charge in [0.05, 0.1) is 0 Å². The van der Waals surface area contributed by atoms with Crippen molar-refractivity contribution in [2.75, 3.05) is 6.66 Å². The van der Waals surface area contributed by atoms with Crippen LogP contribution in [0.1, 0.15) is 0 Å². The molecule has 170 valence electrons. The second-order valence-corrected chi connectivity index (χ2v) is 10.4. The summed E-state index contributed by atoms with van der Waals surface area (Å²) >= 11 is 0. The first-order valence-electron chi connectivity index (χ1n) is 11.0. The van der Waals surface area contributed by atoms with Gasteiger partial charge in [0.2, 0.25) is 0 Å². The van der Waals surface area contributed by atoms with Crippen LogP contribution in [-0.4, -0.2) is 6.66 Å². The third kappa shape index (κ3) is 4.86. The van der Waals surface area contributed by atoms with Crippen LogP contribution in [0.4, 0.5) is 0 Å². The van der Waals surface area contributed by atoms with Crippen LogP contribution in [0.5, 0.6) is 0 Å². The van der Waals surface area contributed by atoms with Gasteiger partial charge in [-0.05, 0) is 23.1 Å². The Morgan fingerprint density at radius 2 is 1.26 bits per heavy atom. The van der Waals surface area contributed by atoms with Crippen molar-refractivity contribution < 1.29 is 35.6 Å². The van der Waals surface area contributed by atoms with Crippen molar-refractivity contribution in [1.29, 1.82) is 0 Å². The van der Waals surface area contributed by atoms with Crippen molar-refractivity contribution in [3.05, 3.63) is 121 Å². The summed E-state index contributed by atoms with van der Waals surface area (Å²) in [5.41, 5.74) is 5.43. The first-order valence-corrected chi connectivity index (χ1v) is 12.8. The Morgan fingerprint density at radius 1 is 0.600 bits per heavy atom. The van der Waals surface area contributed by atoms with Gasteiger partial charge < -0.3 is 9.41 Å². The molecule has 35 heavy (non-hydrogen) atoms. The first kappa shape index (κ1) is 26.9. The van der Waals surface area contributed by atoms with Crippen molar-refractivity contribution in [1.82, 2.24) is 0 Å². The van der Waals surface area contributed by atoms with Crippen LogP contribution >= 0.6 is 7.92 Å². The molecule has 6 aromatic carbocycles. The van der Waals surface area contributed by atoms with Crippen LogP contribution in [0.3, 0.4) is 0 Å². The molecular formula is C31H23F2PZr. The van der Waals surface area contributed by atoms with E-state index in [1.54, 1.807) is 0 Å². The maximum Gasteiger partial charge on any atom is 4.00 e. The summed E-state index contributed by atoms with van der Waals surface area (Å²) in [5.74, 6) is 0. The van der Waals surface area contributed by atoms with E-state index in [2.05, 4.69) is 128 Å². The molecule has 0 saturated carbocycles. The van der Waals surface area contributed by atoms with E-state index in [1.165, 1.54) is 54.4 Å². The normalized spacial score (nSPS) is 12.9. The zero-order valence-electron chi connectivity index (χ0n) is 19.3. The molecule has 1 aliphatic heterocycles. The van der Waals surface area contributed by atoms with Crippen LogP contribution in [0.2, 0.25) is 0 Å². The smallest absolute Gasteiger partial charge is 1.00 e. The van der Waals surface area contributed by atoms with Gasteiger partial charge in [-0.3, -0.25) is 0 Å². The summed E-state index contributed by atoms with van der Waals surface area (Å²) in [6.07, 6.45) is 0. The van der Waals surface area contributed by atoms with Gasteiger partial charge in [0.15, 0.2) is 0 Å². The minimum absolute atomic E-state index is 0. The fourth-order valence-electron chi connectivity index (χ4n) is 4.81. The number of rotatable bonds is 1. The molecule has 1 unspecified atom stereocenters. The second-order valence-electron chi connectivity index (χ2n) is 8.30. The fraction of sp³-hybridized carbons (Fsp3) is 0.0323. The number of fused-ring (bicyclic) bond motifs is 4. The first-order chi connectivity index (χ1) is 15.8. The number of benzene rings is 4. The van der Waals surface area contributed by atoms with Crippen molar-refractivity contribution >= 4 is 40.1 Å². The van der Waals surface area contributed by atoms with Crippen LogP contribution in [0.15, 0.2) is 121 Å². The van der Waals surface area contributed by atoms with E-state index in [9.17, 15) is 0 Å². The minimum atomic E-state index is -0.192. The Labute approximate surface area is 225 Å². The summed E-state index contributed by atoms with van der Waals surface area (Å²) in [7, 11) is -0.192. The Morgan fingerprint density at radius 3 is 2.06 bits per heavy atom. The molecule has 0 saturated heterocycles. The Hall–Kier alpha value is -2.73. The molecule has 0 fully saturated rings. The third-order valence-electron chi connectivity index (χ3n) is 6.44. The average molecular weight is 556 g/mol. The van der Waals surface area contributed by atoms with E-state index in [0.717, 1.165) is 0 Å². The van der Waals surface area contributed by atoms with Gasteiger partial charge in [-0.1, -0.05) is 85.8 Å². The van der Waals surface area contributed by atoms with Gasteiger partial charge in [0.1, 0.15) is 0 Å². The number of hydrogen-bond donors (Lipinski definition) is 0. The predicted molar refractivity (Wildman–Crippen MR) is 142 cm³/mol. The van der Waals surface area contributed by atoms with E-state index in [-0.39, 0.29) is 43.5 Å². The molecule has 2 bridgehead atoms. The largest absolute Gasteiger partial charge is 4.00 e. The molecular weight excluding hydrogens is 533 g/mol. The molecule has 1 aliphatic rings. The van der Waals surface area contributed by atoms with Gasteiger partial charge in [-0.25, -0.2) is 0 Å². The molecule has 0 spiro atoms. The van der Waals surface area contributed by atoms with Gasteiger partial charge >= 0.3 is 26.2 Å². The second kappa shape index (κ2) is 11.3. The van der Waals surface area contributed by atoms with E-state index >= 15 is 0 Å². The molecule has 6 aromatic rings. The standard InChI is InChI=1S/C16H12P.C15H11.2FH.Zr/c1-17-12-9-11-5-4-7-13(15(11)10-12)14-6-2-3-8-16(14)17;1-2-6-12(7-3-1)14-10-4-8-13-9-5-11-15(13)14;;;/h2-10H,1H3;1-11H;2*1H;/q2*-1;;;+4/p-2. The van der Waals surface area contributed by atoms with E-state index in [4.69, 9.17) is 0 Å². The SMILES string of the molecule is CP1c2cc3c(cccc3[cH-]2)-c2ccccc21.[F-].[F-].[Zr+4].c1ccc(-c2cccc3[cH-]ccc23)cc1. The molecule has 0 radical (unpaired) electrons. The van der Waals surface area contributed by atoms with Gasteiger partial charge in [0, 0.05) is 0 Å². The number of hydrogen-bond acceptors (Lipinski definition) is 0. The summed E-state index contributed by atoms with van der Waals surface area (Å²) in [4.78, 5) is 0. The molecule has 7 rings (SSSR count). The van der Waals surface area contributed by atoms with Gasteiger partial charge in [-0.15, -0.1) is 63.2 Å². The third-order valence-corrected chi connectivity index (χ3v) is 8.59. The summed E-state index contributed by atoms with van der Waals surface area (Å²) in [6.45, 7) is 2.37. The van der Waals surface area contributed by atoms with Crippen molar-refractivity contribution in [3.8, 4) is 22.3 Å². The monoisotopic (exact) mass is 554 g/mol. The quantitative estimate of drug-likeness (QED) is 0.215. The van der Waals surface area contributed by atoms with Crippen LogP contribution < -0.4 is 20.0 Å². The molecule has 1 heterocycles. The molecule has 1 atom stereocenters. The Balaban J connectivity index is 0.000000181. The molecule has 0 nitrogen and oxygen atoms in total. The Kier molecular flexibility index (Phi) is 8.71. The molecule has 0 aromatic heterocycles. The minimum Gasteiger partial charge on any atom is -1.00 e. The zero-order valence-corrected chi connectivity index (χ0v) is 22.6. The van der Waals surface area contributed by atoms with Crippen LogP contribution in [-0.2, 0) is 26.2 Å².